The number of hydrogen-bond donors (Lipinski definition) is 0. The van der Waals surface area contributed by atoms with Gasteiger partial charge in [-0.15, -0.1) is 0 Å². The SMILES string of the molecule is CCC(=C/C(=O)OC)/C=C/C1=C(C)CCCC1(C)C. The smallest absolute Gasteiger partial charge is 0.330 e. The van der Waals surface area contributed by atoms with Crippen LogP contribution in [0.2, 0.25) is 0 Å². The molecule has 0 saturated heterocycles. The van der Waals surface area contributed by atoms with Crippen LogP contribution in [0.15, 0.2) is 34.9 Å². The van der Waals surface area contributed by atoms with Crippen LogP contribution in [0.1, 0.15) is 53.4 Å². The maximum Gasteiger partial charge on any atom is 0.330 e. The largest absolute Gasteiger partial charge is 0.466 e. The first-order chi connectivity index (χ1) is 8.90. The van der Waals surface area contributed by atoms with Gasteiger partial charge >= 0.3 is 5.97 Å². The zero-order chi connectivity index (χ0) is 14.5. The van der Waals surface area contributed by atoms with E-state index in [1.165, 1.54) is 37.5 Å². The Morgan fingerprint density at radius 3 is 2.63 bits per heavy atom. The first kappa shape index (κ1) is 15.7. The lowest BCUT2D eigenvalue weighted by Crippen LogP contribution is -2.19. The molecule has 0 N–H and O–H groups in total. The topological polar surface area (TPSA) is 26.3 Å². The Kier molecular flexibility index (Phi) is 5.59. The van der Waals surface area contributed by atoms with E-state index in [-0.39, 0.29) is 11.4 Å². The van der Waals surface area contributed by atoms with E-state index in [1.807, 2.05) is 6.92 Å². The second kappa shape index (κ2) is 6.74. The van der Waals surface area contributed by atoms with Crippen LogP contribution in [0.5, 0.6) is 0 Å². The lowest BCUT2D eigenvalue weighted by Gasteiger charge is -2.33. The zero-order valence-electron chi connectivity index (χ0n) is 12.9. The normalized spacial score (nSPS) is 19.9. The molecule has 0 aromatic heterocycles. The molecule has 1 rings (SSSR count). The summed E-state index contributed by atoms with van der Waals surface area (Å²) in [5, 5.41) is 0. The maximum absolute atomic E-state index is 11.3. The van der Waals surface area contributed by atoms with Gasteiger partial charge in [-0.1, -0.05) is 38.5 Å². The van der Waals surface area contributed by atoms with Crippen LogP contribution in [0.4, 0.5) is 0 Å². The molecule has 2 nitrogen and oxygen atoms in total. The Bertz CT molecular complexity index is 423. The predicted octanol–water partition coefficient (Wildman–Crippen LogP) is 4.58. The molecule has 19 heavy (non-hydrogen) atoms. The average molecular weight is 262 g/mol. The highest BCUT2D eigenvalue weighted by molar-refractivity contribution is 5.83. The maximum atomic E-state index is 11.3. The van der Waals surface area contributed by atoms with Gasteiger partial charge in [0, 0.05) is 6.08 Å². The molecule has 0 heterocycles. The summed E-state index contributed by atoms with van der Waals surface area (Å²) in [7, 11) is 1.41. The van der Waals surface area contributed by atoms with E-state index >= 15 is 0 Å². The summed E-state index contributed by atoms with van der Waals surface area (Å²) in [4.78, 5) is 11.3. The minimum Gasteiger partial charge on any atom is -0.466 e. The summed E-state index contributed by atoms with van der Waals surface area (Å²) in [5.74, 6) is -0.282. The summed E-state index contributed by atoms with van der Waals surface area (Å²) in [6.45, 7) is 8.86. The molecule has 2 heteroatoms. The van der Waals surface area contributed by atoms with Gasteiger partial charge < -0.3 is 4.74 Å². The number of esters is 1. The molecular weight excluding hydrogens is 236 g/mol. The third-order valence-corrected chi connectivity index (χ3v) is 3.92. The van der Waals surface area contributed by atoms with E-state index in [4.69, 9.17) is 0 Å². The van der Waals surface area contributed by atoms with Crippen LogP contribution >= 0.6 is 0 Å². The molecule has 0 fully saturated rings. The number of ether oxygens (including phenoxy) is 1. The van der Waals surface area contributed by atoms with Crippen molar-refractivity contribution in [2.24, 2.45) is 5.41 Å². The molecule has 1 aliphatic carbocycles. The molecule has 0 aromatic carbocycles. The number of carbonyl (C=O) groups excluding carboxylic acids is 1. The van der Waals surface area contributed by atoms with Gasteiger partial charge in [0.1, 0.15) is 0 Å². The Balaban J connectivity index is 2.95. The molecular formula is C17H26O2. The summed E-state index contributed by atoms with van der Waals surface area (Å²) >= 11 is 0. The van der Waals surface area contributed by atoms with Crippen LogP contribution < -0.4 is 0 Å². The van der Waals surface area contributed by atoms with Gasteiger partial charge in [-0.05, 0) is 49.2 Å². The Labute approximate surface area is 117 Å². The van der Waals surface area contributed by atoms with Crippen LogP contribution in [-0.2, 0) is 9.53 Å². The Morgan fingerprint density at radius 2 is 2.11 bits per heavy atom. The van der Waals surface area contributed by atoms with Gasteiger partial charge in [0.2, 0.25) is 0 Å². The lowest BCUT2D eigenvalue weighted by atomic mass is 9.72. The quantitative estimate of drug-likeness (QED) is 0.421. The molecule has 0 amide bonds. The van der Waals surface area contributed by atoms with Crippen molar-refractivity contribution < 1.29 is 9.53 Å². The van der Waals surface area contributed by atoms with Crippen LogP contribution in [-0.4, -0.2) is 13.1 Å². The number of hydrogen-bond acceptors (Lipinski definition) is 2. The Hall–Kier alpha value is -1.31. The van der Waals surface area contributed by atoms with Crippen molar-refractivity contribution in [3.8, 4) is 0 Å². The molecule has 0 aliphatic heterocycles. The van der Waals surface area contributed by atoms with E-state index < -0.39 is 0 Å². The summed E-state index contributed by atoms with van der Waals surface area (Å²) < 4.78 is 4.68. The van der Waals surface area contributed by atoms with Crippen LogP contribution in [0.25, 0.3) is 0 Å². The molecule has 1 aliphatic rings. The first-order valence-electron chi connectivity index (χ1n) is 7.07. The van der Waals surface area contributed by atoms with Crippen molar-refractivity contribution in [2.45, 2.75) is 53.4 Å². The fourth-order valence-electron chi connectivity index (χ4n) is 2.68. The molecule has 0 radical (unpaired) electrons. The van der Waals surface area contributed by atoms with Crippen LogP contribution in [0, 0.1) is 5.41 Å². The second-order valence-corrected chi connectivity index (χ2v) is 5.86. The summed E-state index contributed by atoms with van der Waals surface area (Å²) in [5.41, 5.74) is 4.14. The van der Waals surface area contributed by atoms with Gasteiger partial charge in [-0.2, -0.15) is 0 Å². The van der Waals surface area contributed by atoms with E-state index in [9.17, 15) is 4.79 Å². The van der Waals surface area contributed by atoms with Crippen molar-refractivity contribution in [3.63, 3.8) is 0 Å². The van der Waals surface area contributed by atoms with E-state index in [1.54, 1.807) is 6.08 Å². The standard InChI is InChI=1S/C17H26O2/c1-6-14(12-16(18)19-5)9-10-15-13(2)8-7-11-17(15,3)4/h9-10,12H,6-8,11H2,1-5H3/b10-9+,14-12-. The molecule has 0 saturated carbocycles. The fourth-order valence-corrected chi connectivity index (χ4v) is 2.68. The van der Waals surface area contributed by atoms with Crippen molar-refractivity contribution in [1.82, 2.24) is 0 Å². The van der Waals surface area contributed by atoms with Crippen LogP contribution in [0.3, 0.4) is 0 Å². The highest BCUT2D eigenvalue weighted by Gasteiger charge is 2.26. The molecule has 0 atom stereocenters. The van der Waals surface area contributed by atoms with Gasteiger partial charge in [0.15, 0.2) is 0 Å². The molecule has 0 spiro atoms. The minimum absolute atomic E-state index is 0.239. The molecule has 0 unspecified atom stereocenters. The number of rotatable bonds is 4. The second-order valence-electron chi connectivity index (χ2n) is 5.86. The number of allylic oxidation sites excluding steroid dienone is 5. The van der Waals surface area contributed by atoms with Crippen molar-refractivity contribution in [2.75, 3.05) is 7.11 Å². The van der Waals surface area contributed by atoms with Crippen molar-refractivity contribution in [3.05, 3.63) is 34.9 Å². The lowest BCUT2D eigenvalue weighted by molar-refractivity contribution is -0.134. The highest BCUT2D eigenvalue weighted by atomic mass is 16.5. The molecule has 106 valence electrons. The highest BCUT2D eigenvalue weighted by Crippen LogP contribution is 2.40. The summed E-state index contributed by atoms with van der Waals surface area (Å²) in [6, 6.07) is 0. The molecule has 0 aromatic rings. The van der Waals surface area contributed by atoms with Crippen molar-refractivity contribution >= 4 is 5.97 Å². The van der Waals surface area contributed by atoms with Crippen molar-refractivity contribution in [1.29, 1.82) is 0 Å². The predicted molar refractivity (Wildman–Crippen MR) is 79.9 cm³/mol. The van der Waals surface area contributed by atoms with E-state index in [0.717, 1.165) is 12.0 Å². The zero-order valence-corrected chi connectivity index (χ0v) is 12.9. The first-order valence-corrected chi connectivity index (χ1v) is 7.07. The summed E-state index contributed by atoms with van der Waals surface area (Å²) in [6.07, 6.45) is 10.3. The monoisotopic (exact) mass is 262 g/mol. The molecule has 0 bridgehead atoms. The number of carbonyl (C=O) groups is 1. The fraction of sp³-hybridized carbons (Fsp3) is 0.588. The number of methoxy groups -OCH3 is 1. The van der Waals surface area contributed by atoms with Gasteiger partial charge in [0.05, 0.1) is 7.11 Å². The minimum atomic E-state index is -0.282. The Morgan fingerprint density at radius 1 is 1.42 bits per heavy atom. The van der Waals surface area contributed by atoms with E-state index in [2.05, 4.69) is 37.7 Å². The van der Waals surface area contributed by atoms with Gasteiger partial charge in [0.25, 0.3) is 0 Å². The third kappa shape index (κ3) is 4.38. The average Bonchev–Trinajstić information content (AvgIpc) is 2.35. The van der Waals surface area contributed by atoms with Gasteiger partial charge in [-0.3, -0.25) is 0 Å². The third-order valence-electron chi connectivity index (χ3n) is 3.92. The van der Waals surface area contributed by atoms with Gasteiger partial charge in [-0.25, -0.2) is 4.79 Å². The van der Waals surface area contributed by atoms with E-state index in [0.29, 0.717) is 0 Å².